The van der Waals surface area contributed by atoms with Crippen molar-refractivity contribution in [3.8, 4) is 25.0 Å². The zero-order chi connectivity index (χ0) is 24.3. The Hall–Kier alpha value is -3.62. The number of hydrogen-bond acceptors (Lipinski definition) is 4. The van der Waals surface area contributed by atoms with Gasteiger partial charge in [-0.15, -0.1) is 12.8 Å². The van der Waals surface area contributed by atoms with Crippen LogP contribution in [0.1, 0.15) is 90.8 Å². The highest BCUT2D eigenvalue weighted by Crippen LogP contribution is 2.35. The molecule has 1 aromatic carbocycles. The predicted octanol–water partition coefficient (Wildman–Crippen LogP) is 5.09. The summed E-state index contributed by atoms with van der Waals surface area (Å²) in [6, 6.07) is 8.44. The molecule has 0 saturated heterocycles. The van der Waals surface area contributed by atoms with Crippen LogP contribution in [0.2, 0.25) is 0 Å². The third-order valence-electron chi connectivity index (χ3n) is 5.08. The lowest BCUT2D eigenvalue weighted by Crippen LogP contribution is -2.24. The molecule has 0 spiro atoms. The van der Waals surface area contributed by atoms with Gasteiger partial charge in [0.25, 0.3) is 5.56 Å². The number of hydrogen-bond donors (Lipinski definition) is 1. The van der Waals surface area contributed by atoms with Crippen molar-refractivity contribution in [3.63, 3.8) is 0 Å². The second-order valence-electron chi connectivity index (χ2n) is 7.68. The summed E-state index contributed by atoms with van der Waals surface area (Å²) >= 11 is 0. The number of aromatic nitrogens is 1. The van der Waals surface area contributed by atoms with E-state index in [1.807, 2.05) is 26.0 Å². The van der Waals surface area contributed by atoms with E-state index in [4.69, 9.17) is 0 Å². The number of terminal acetylenes is 1. The van der Waals surface area contributed by atoms with E-state index in [1.165, 1.54) is 24.6 Å². The van der Waals surface area contributed by atoms with E-state index >= 15 is 0 Å². The number of nitrogens with zero attached hydrogens (tertiary/aromatic N) is 2. The minimum Gasteiger partial charge on any atom is -0.326 e. The molecule has 5 heteroatoms. The molecule has 0 radical (unpaired) electrons. The number of nitriles is 2. The topological polar surface area (TPSA) is 97.5 Å². The zero-order valence-electron chi connectivity index (χ0n) is 19.4. The third kappa shape index (κ3) is 6.44. The molecule has 32 heavy (non-hydrogen) atoms. The van der Waals surface area contributed by atoms with E-state index in [9.17, 15) is 20.1 Å². The van der Waals surface area contributed by atoms with E-state index in [0.717, 1.165) is 30.5 Å². The van der Waals surface area contributed by atoms with Crippen LogP contribution in [0.25, 0.3) is 0 Å². The van der Waals surface area contributed by atoms with Gasteiger partial charge in [0, 0.05) is 22.4 Å². The third-order valence-corrected chi connectivity index (χ3v) is 5.08. The molecule has 1 saturated carbocycles. The first-order valence-electron chi connectivity index (χ1n) is 11.0. The van der Waals surface area contributed by atoms with Crippen molar-refractivity contribution >= 4 is 5.78 Å². The van der Waals surface area contributed by atoms with Gasteiger partial charge in [0.1, 0.15) is 0 Å². The average Bonchev–Trinajstić information content (AvgIpc) is 3.64. The first-order chi connectivity index (χ1) is 15.4. The van der Waals surface area contributed by atoms with Gasteiger partial charge in [0.05, 0.1) is 23.3 Å². The smallest absolute Gasteiger partial charge is 0.252 e. The number of aryl methyl sites for hydroxylation is 1. The van der Waals surface area contributed by atoms with E-state index in [-0.39, 0.29) is 28.0 Å². The maximum Gasteiger partial charge on any atom is 0.252 e. The molecule has 0 atom stereocenters. The largest absolute Gasteiger partial charge is 0.326 e. The standard InChI is InChI=1S/C22H21N3O2.C3H8.C2H2/c1-3-17-20(18(10-13-5-6-13)19(4-2)25-22(17)27)21(26)16-8-14(11-23)7-15(9-16)12-24;1-3-2;1-2/h7-9,13H,3-6,10H2,1-2H3,(H,25,27);3H2,1-2H3;1-2H. The van der Waals surface area contributed by atoms with E-state index in [0.29, 0.717) is 29.9 Å². The van der Waals surface area contributed by atoms with Crippen LogP contribution in [0.4, 0.5) is 0 Å². The summed E-state index contributed by atoms with van der Waals surface area (Å²) < 4.78 is 0. The molecular formula is C27H31N3O2. The van der Waals surface area contributed by atoms with Crippen LogP contribution >= 0.6 is 0 Å². The predicted molar refractivity (Wildman–Crippen MR) is 127 cm³/mol. The number of rotatable bonds is 6. The highest BCUT2D eigenvalue weighted by molar-refractivity contribution is 6.11. The van der Waals surface area contributed by atoms with Crippen LogP contribution in [0.3, 0.4) is 0 Å². The number of carbonyl (C=O) groups excluding carboxylic acids is 1. The first-order valence-corrected chi connectivity index (χ1v) is 11.0. The molecule has 3 rings (SSSR count). The summed E-state index contributed by atoms with van der Waals surface area (Å²) in [4.78, 5) is 29.0. The van der Waals surface area contributed by atoms with Crippen LogP contribution in [-0.2, 0) is 19.3 Å². The van der Waals surface area contributed by atoms with Crippen LogP contribution in [-0.4, -0.2) is 10.8 Å². The summed E-state index contributed by atoms with van der Waals surface area (Å²) in [5.41, 5.74) is 3.25. The second kappa shape index (κ2) is 12.9. The van der Waals surface area contributed by atoms with Crippen LogP contribution in [0.5, 0.6) is 0 Å². The molecule has 1 aromatic heterocycles. The number of ketones is 1. The Kier molecular flexibility index (Phi) is 10.7. The molecule has 0 aliphatic heterocycles. The Morgan fingerprint density at radius 2 is 1.53 bits per heavy atom. The Morgan fingerprint density at radius 3 is 1.94 bits per heavy atom. The number of pyridine rings is 1. The number of nitrogens with one attached hydrogen (secondary N) is 1. The minimum absolute atomic E-state index is 0.228. The van der Waals surface area contributed by atoms with Crippen molar-refractivity contribution in [2.24, 2.45) is 5.92 Å². The van der Waals surface area contributed by atoms with Gasteiger partial charge in [-0.05, 0) is 61.8 Å². The normalized spacial score (nSPS) is 11.6. The van der Waals surface area contributed by atoms with Crippen molar-refractivity contribution in [2.45, 2.75) is 66.2 Å². The van der Waals surface area contributed by atoms with Gasteiger partial charge < -0.3 is 4.98 Å². The van der Waals surface area contributed by atoms with Crippen LogP contribution in [0.15, 0.2) is 23.0 Å². The molecule has 1 N–H and O–H groups in total. The summed E-state index contributed by atoms with van der Waals surface area (Å²) in [5, 5.41) is 18.4. The van der Waals surface area contributed by atoms with E-state index in [2.05, 4.69) is 31.7 Å². The van der Waals surface area contributed by atoms with Gasteiger partial charge in [-0.1, -0.05) is 34.1 Å². The lowest BCUT2D eigenvalue weighted by atomic mass is 9.88. The molecule has 1 heterocycles. The van der Waals surface area contributed by atoms with Gasteiger partial charge in [0.15, 0.2) is 5.78 Å². The molecule has 5 nitrogen and oxygen atoms in total. The molecule has 0 amide bonds. The first kappa shape index (κ1) is 26.4. The second-order valence-corrected chi connectivity index (χ2v) is 7.68. The molecule has 2 aromatic rings. The van der Waals surface area contributed by atoms with Gasteiger partial charge in [-0.2, -0.15) is 10.5 Å². The summed E-state index contributed by atoms with van der Waals surface area (Å²) in [5.74, 6) is 0.273. The molecule has 166 valence electrons. The van der Waals surface area contributed by atoms with Crippen molar-refractivity contribution in [1.29, 1.82) is 10.5 Å². The zero-order valence-corrected chi connectivity index (χ0v) is 19.4. The highest BCUT2D eigenvalue weighted by Gasteiger charge is 2.29. The molecule has 1 fully saturated rings. The Morgan fingerprint density at radius 1 is 1.00 bits per heavy atom. The van der Waals surface area contributed by atoms with Gasteiger partial charge >= 0.3 is 0 Å². The minimum atomic E-state index is -0.281. The summed E-state index contributed by atoms with van der Waals surface area (Å²) in [6.45, 7) is 8.08. The van der Waals surface area contributed by atoms with Gasteiger partial charge in [-0.25, -0.2) is 0 Å². The number of carbonyl (C=O) groups is 1. The highest BCUT2D eigenvalue weighted by atomic mass is 16.1. The fraction of sp³-hybridized carbons (Fsp3) is 0.407. The van der Waals surface area contributed by atoms with Crippen molar-refractivity contribution in [3.05, 3.63) is 67.6 Å². The lowest BCUT2D eigenvalue weighted by Gasteiger charge is -2.17. The quantitative estimate of drug-likeness (QED) is 0.511. The Labute approximate surface area is 191 Å². The fourth-order valence-corrected chi connectivity index (χ4v) is 3.52. The lowest BCUT2D eigenvalue weighted by molar-refractivity contribution is 0.103. The molecule has 0 bridgehead atoms. The monoisotopic (exact) mass is 429 g/mol. The van der Waals surface area contributed by atoms with E-state index < -0.39 is 0 Å². The summed E-state index contributed by atoms with van der Waals surface area (Å²) in [7, 11) is 0. The fourth-order valence-electron chi connectivity index (χ4n) is 3.52. The molecule has 1 aliphatic rings. The van der Waals surface area contributed by atoms with E-state index in [1.54, 1.807) is 0 Å². The van der Waals surface area contributed by atoms with Crippen molar-refractivity contribution in [1.82, 2.24) is 4.98 Å². The van der Waals surface area contributed by atoms with Gasteiger partial charge in [-0.3, -0.25) is 9.59 Å². The maximum absolute atomic E-state index is 13.4. The number of H-pyrrole nitrogens is 1. The van der Waals surface area contributed by atoms with Gasteiger partial charge in [0.2, 0.25) is 0 Å². The summed E-state index contributed by atoms with van der Waals surface area (Å²) in [6.07, 6.45) is 13.4. The molecule has 0 unspecified atom stereocenters. The Balaban J connectivity index is 0.000000944. The van der Waals surface area contributed by atoms with Crippen molar-refractivity contribution in [2.75, 3.05) is 0 Å². The van der Waals surface area contributed by atoms with Crippen LogP contribution < -0.4 is 5.56 Å². The Bertz CT molecular complexity index is 1070. The van der Waals surface area contributed by atoms with Crippen LogP contribution in [0, 0.1) is 41.4 Å². The SMILES string of the molecule is C#C.CCC.CCc1[nH]c(=O)c(CC)c(C(=O)c2cc(C#N)cc(C#N)c2)c1CC1CC1. The maximum atomic E-state index is 13.4. The molecule has 1 aliphatic carbocycles. The average molecular weight is 430 g/mol. The number of benzene rings is 1. The number of aromatic amines is 1. The molecular weight excluding hydrogens is 398 g/mol. The van der Waals surface area contributed by atoms with Crippen molar-refractivity contribution < 1.29 is 4.79 Å².